The van der Waals surface area contributed by atoms with Crippen LogP contribution in [0.15, 0.2) is 30.3 Å². The molecule has 1 N–H and O–H groups in total. The Balaban J connectivity index is 1.78. The molecule has 4 nitrogen and oxygen atoms in total. The topological polar surface area (TPSA) is 49.8 Å². The van der Waals surface area contributed by atoms with Gasteiger partial charge in [-0.25, -0.2) is 0 Å². The van der Waals surface area contributed by atoms with Crippen LogP contribution in [0.1, 0.15) is 24.8 Å². The lowest BCUT2D eigenvalue weighted by Crippen LogP contribution is -2.48. The Morgan fingerprint density at radius 3 is 2.89 bits per heavy atom. The molecule has 1 aromatic rings. The SMILES string of the molecule is O=C1CC[C@@H]2OC(O)C[C@@H]2N1Cc1ccccc1. The number of hydrogen-bond acceptors (Lipinski definition) is 3. The molecule has 2 aliphatic heterocycles. The van der Waals surface area contributed by atoms with Gasteiger partial charge in [0.05, 0.1) is 12.1 Å². The molecule has 1 aromatic carbocycles. The summed E-state index contributed by atoms with van der Waals surface area (Å²) in [7, 11) is 0. The predicted octanol–water partition coefficient (Wildman–Crippen LogP) is 1.28. The van der Waals surface area contributed by atoms with Crippen LogP contribution in [-0.2, 0) is 16.1 Å². The molecule has 2 saturated heterocycles. The number of nitrogens with zero attached hydrogens (tertiary/aromatic N) is 1. The van der Waals surface area contributed by atoms with Crippen molar-refractivity contribution in [2.75, 3.05) is 0 Å². The molecule has 0 aromatic heterocycles. The van der Waals surface area contributed by atoms with Gasteiger partial charge in [0, 0.05) is 19.4 Å². The van der Waals surface area contributed by atoms with Gasteiger partial charge in [-0.3, -0.25) is 4.79 Å². The maximum atomic E-state index is 12.0. The number of likely N-dealkylation sites (tertiary alicyclic amines) is 1. The van der Waals surface area contributed by atoms with E-state index >= 15 is 0 Å². The Morgan fingerprint density at radius 1 is 1.33 bits per heavy atom. The second-order valence-corrected chi connectivity index (χ2v) is 4.98. The van der Waals surface area contributed by atoms with Gasteiger partial charge in [0.25, 0.3) is 0 Å². The minimum Gasteiger partial charge on any atom is -0.368 e. The fraction of sp³-hybridized carbons (Fsp3) is 0.500. The highest BCUT2D eigenvalue weighted by atomic mass is 16.6. The number of aliphatic hydroxyl groups excluding tert-OH is 1. The highest BCUT2D eigenvalue weighted by Gasteiger charge is 2.43. The van der Waals surface area contributed by atoms with Crippen LogP contribution >= 0.6 is 0 Å². The summed E-state index contributed by atoms with van der Waals surface area (Å²) in [5, 5.41) is 9.57. The molecule has 4 heteroatoms. The molecule has 3 rings (SSSR count). The average molecular weight is 247 g/mol. The minimum absolute atomic E-state index is 0.00131. The van der Waals surface area contributed by atoms with Gasteiger partial charge in [-0.05, 0) is 12.0 Å². The van der Waals surface area contributed by atoms with Crippen LogP contribution in [0.5, 0.6) is 0 Å². The lowest BCUT2D eigenvalue weighted by molar-refractivity contribution is -0.143. The summed E-state index contributed by atoms with van der Waals surface area (Å²) in [6.45, 7) is 0.608. The highest BCUT2D eigenvalue weighted by molar-refractivity contribution is 5.77. The molecule has 0 saturated carbocycles. The van der Waals surface area contributed by atoms with Crippen LogP contribution in [0.4, 0.5) is 0 Å². The third-order valence-corrected chi connectivity index (χ3v) is 3.76. The van der Waals surface area contributed by atoms with Crippen LogP contribution in [0.25, 0.3) is 0 Å². The van der Waals surface area contributed by atoms with Gasteiger partial charge in [0.15, 0.2) is 6.29 Å². The zero-order valence-corrected chi connectivity index (χ0v) is 10.2. The van der Waals surface area contributed by atoms with Crippen molar-refractivity contribution in [3.05, 3.63) is 35.9 Å². The lowest BCUT2D eigenvalue weighted by atomic mass is 9.97. The molecule has 0 bridgehead atoms. The smallest absolute Gasteiger partial charge is 0.223 e. The number of ether oxygens (including phenoxy) is 1. The number of carbonyl (C=O) groups excluding carboxylic acids is 1. The van der Waals surface area contributed by atoms with E-state index in [-0.39, 0.29) is 18.1 Å². The standard InChI is InChI=1S/C14H17NO3/c16-13-7-6-12-11(8-14(17)18-12)15(13)9-10-4-2-1-3-5-10/h1-5,11-12,14,17H,6-9H2/t11-,12-,14?/m0/s1. The van der Waals surface area contributed by atoms with Crippen LogP contribution < -0.4 is 0 Å². The van der Waals surface area contributed by atoms with Gasteiger partial charge in [-0.1, -0.05) is 30.3 Å². The van der Waals surface area contributed by atoms with Crippen molar-refractivity contribution in [1.82, 2.24) is 4.90 Å². The predicted molar refractivity (Wildman–Crippen MR) is 65.5 cm³/mol. The monoisotopic (exact) mass is 247 g/mol. The number of rotatable bonds is 2. The highest BCUT2D eigenvalue weighted by Crippen LogP contribution is 2.32. The van der Waals surface area contributed by atoms with Gasteiger partial charge >= 0.3 is 0 Å². The molecule has 3 atom stereocenters. The number of aliphatic hydroxyl groups is 1. The van der Waals surface area contributed by atoms with Gasteiger partial charge in [-0.15, -0.1) is 0 Å². The molecule has 2 heterocycles. The third-order valence-electron chi connectivity index (χ3n) is 3.76. The van der Waals surface area contributed by atoms with Crippen molar-refractivity contribution in [1.29, 1.82) is 0 Å². The lowest BCUT2D eigenvalue weighted by Gasteiger charge is -2.36. The quantitative estimate of drug-likeness (QED) is 0.856. The van der Waals surface area contributed by atoms with Gasteiger partial charge in [0.1, 0.15) is 0 Å². The fourth-order valence-electron chi connectivity index (χ4n) is 2.87. The second kappa shape index (κ2) is 4.71. The Labute approximate surface area is 106 Å². The zero-order chi connectivity index (χ0) is 12.5. The largest absolute Gasteiger partial charge is 0.368 e. The zero-order valence-electron chi connectivity index (χ0n) is 10.2. The van der Waals surface area contributed by atoms with Crippen LogP contribution in [-0.4, -0.2) is 34.3 Å². The Bertz CT molecular complexity index is 434. The molecular formula is C14H17NO3. The van der Waals surface area contributed by atoms with Crippen molar-refractivity contribution in [3.63, 3.8) is 0 Å². The fourth-order valence-corrected chi connectivity index (χ4v) is 2.87. The molecule has 2 fully saturated rings. The first-order valence-corrected chi connectivity index (χ1v) is 6.41. The molecule has 0 spiro atoms. The molecular weight excluding hydrogens is 230 g/mol. The van der Waals surface area contributed by atoms with E-state index in [2.05, 4.69) is 0 Å². The number of carbonyl (C=O) groups is 1. The van der Waals surface area contributed by atoms with Crippen LogP contribution in [0.2, 0.25) is 0 Å². The summed E-state index contributed by atoms with van der Waals surface area (Å²) in [5.74, 6) is 0.165. The van der Waals surface area contributed by atoms with Crippen LogP contribution in [0, 0.1) is 0 Å². The normalized spacial score (nSPS) is 31.5. The minimum atomic E-state index is -0.718. The molecule has 0 aliphatic carbocycles. The number of hydrogen-bond donors (Lipinski definition) is 1. The summed E-state index contributed by atoms with van der Waals surface area (Å²) in [6, 6.07) is 9.98. The summed E-state index contributed by atoms with van der Waals surface area (Å²) in [4.78, 5) is 13.9. The van der Waals surface area contributed by atoms with Crippen molar-refractivity contribution in [3.8, 4) is 0 Å². The molecule has 1 amide bonds. The third kappa shape index (κ3) is 2.13. The second-order valence-electron chi connectivity index (χ2n) is 4.98. The number of fused-ring (bicyclic) bond motifs is 1. The molecule has 96 valence electrons. The van der Waals surface area contributed by atoms with E-state index < -0.39 is 6.29 Å². The van der Waals surface area contributed by atoms with Crippen molar-refractivity contribution in [2.24, 2.45) is 0 Å². The molecule has 2 aliphatic rings. The van der Waals surface area contributed by atoms with Gasteiger partial charge < -0.3 is 14.7 Å². The number of amides is 1. The van der Waals surface area contributed by atoms with Gasteiger partial charge in [-0.2, -0.15) is 0 Å². The van der Waals surface area contributed by atoms with E-state index in [0.29, 0.717) is 19.4 Å². The summed E-state index contributed by atoms with van der Waals surface area (Å²) in [5.41, 5.74) is 1.12. The van der Waals surface area contributed by atoms with Crippen molar-refractivity contribution < 1.29 is 14.6 Å². The van der Waals surface area contributed by atoms with Crippen LogP contribution in [0.3, 0.4) is 0 Å². The van der Waals surface area contributed by atoms with E-state index in [1.54, 1.807) is 0 Å². The molecule has 1 unspecified atom stereocenters. The Hall–Kier alpha value is -1.39. The van der Waals surface area contributed by atoms with E-state index in [9.17, 15) is 9.90 Å². The first-order chi connectivity index (χ1) is 8.74. The van der Waals surface area contributed by atoms with Crippen molar-refractivity contribution >= 4 is 5.91 Å². The molecule has 0 radical (unpaired) electrons. The first-order valence-electron chi connectivity index (χ1n) is 6.41. The molecule has 18 heavy (non-hydrogen) atoms. The number of benzene rings is 1. The van der Waals surface area contributed by atoms with E-state index in [1.165, 1.54) is 0 Å². The maximum Gasteiger partial charge on any atom is 0.223 e. The Kier molecular flexibility index (Phi) is 3.06. The summed E-state index contributed by atoms with van der Waals surface area (Å²) >= 11 is 0. The summed E-state index contributed by atoms with van der Waals surface area (Å²) in [6.07, 6.45) is 1.06. The maximum absolute atomic E-state index is 12.0. The van der Waals surface area contributed by atoms with E-state index in [0.717, 1.165) is 12.0 Å². The summed E-state index contributed by atoms with van der Waals surface area (Å²) < 4.78 is 5.44. The first kappa shape index (κ1) is 11.7. The Morgan fingerprint density at radius 2 is 2.11 bits per heavy atom. The van der Waals surface area contributed by atoms with E-state index in [4.69, 9.17) is 4.74 Å². The van der Waals surface area contributed by atoms with Crippen molar-refractivity contribution in [2.45, 2.75) is 44.2 Å². The van der Waals surface area contributed by atoms with E-state index in [1.807, 2.05) is 35.2 Å². The van der Waals surface area contributed by atoms with Gasteiger partial charge in [0.2, 0.25) is 5.91 Å². The number of piperidine rings is 1. The average Bonchev–Trinajstić information content (AvgIpc) is 2.75.